The van der Waals surface area contributed by atoms with E-state index in [4.69, 9.17) is 4.42 Å². The van der Waals surface area contributed by atoms with Gasteiger partial charge in [-0.1, -0.05) is 12.1 Å². The SMILES string of the molecule is O=C(CSCc1ccco1)Nc1cccc(C(=O)Nc2cccc(C(F)(F)F)c2)c1. The average molecular weight is 434 g/mol. The summed E-state index contributed by atoms with van der Waals surface area (Å²) >= 11 is 1.38. The molecular formula is C21H17F3N2O3S. The van der Waals surface area contributed by atoms with Crippen molar-refractivity contribution in [1.82, 2.24) is 0 Å². The highest BCUT2D eigenvalue weighted by molar-refractivity contribution is 7.99. The minimum atomic E-state index is -4.50. The van der Waals surface area contributed by atoms with Gasteiger partial charge < -0.3 is 15.1 Å². The Morgan fingerprint density at radius 2 is 1.67 bits per heavy atom. The third-order valence-corrected chi connectivity index (χ3v) is 4.87. The summed E-state index contributed by atoms with van der Waals surface area (Å²) in [4.78, 5) is 24.5. The summed E-state index contributed by atoms with van der Waals surface area (Å²) in [5, 5.41) is 5.13. The Morgan fingerprint density at radius 3 is 2.37 bits per heavy atom. The molecule has 9 heteroatoms. The van der Waals surface area contributed by atoms with Crippen molar-refractivity contribution in [2.75, 3.05) is 16.4 Å². The van der Waals surface area contributed by atoms with Gasteiger partial charge in [0.15, 0.2) is 0 Å². The molecule has 30 heavy (non-hydrogen) atoms. The molecule has 0 aliphatic carbocycles. The van der Waals surface area contributed by atoms with E-state index in [-0.39, 0.29) is 22.9 Å². The Kier molecular flexibility index (Phi) is 6.83. The van der Waals surface area contributed by atoms with Crippen LogP contribution in [0, 0.1) is 0 Å². The molecule has 2 N–H and O–H groups in total. The number of nitrogens with one attached hydrogen (secondary N) is 2. The largest absolute Gasteiger partial charge is 0.468 e. The average Bonchev–Trinajstić information content (AvgIpc) is 3.21. The van der Waals surface area contributed by atoms with Crippen LogP contribution >= 0.6 is 11.8 Å². The fourth-order valence-corrected chi connectivity index (χ4v) is 3.28. The fraction of sp³-hybridized carbons (Fsp3) is 0.143. The van der Waals surface area contributed by atoms with Gasteiger partial charge in [-0.25, -0.2) is 0 Å². The highest BCUT2D eigenvalue weighted by Gasteiger charge is 2.30. The zero-order chi connectivity index (χ0) is 21.6. The normalized spacial score (nSPS) is 11.2. The Hall–Kier alpha value is -3.20. The smallest absolute Gasteiger partial charge is 0.416 e. The van der Waals surface area contributed by atoms with E-state index in [0.29, 0.717) is 11.4 Å². The maximum Gasteiger partial charge on any atom is 0.416 e. The highest BCUT2D eigenvalue weighted by Crippen LogP contribution is 2.30. The monoisotopic (exact) mass is 434 g/mol. The van der Waals surface area contributed by atoms with Crippen LogP contribution in [0.3, 0.4) is 0 Å². The van der Waals surface area contributed by atoms with E-state index < -0.39 is 17.6 Å². The molecule has 0 fully saturated rings. The molecule has 0 spiro atoms. The standard InChI is InChI=1S/C21H17F3N2O3S/c22-21(23,24)15-5-2-7-17(11-15)26-20(28)14-4-1-6-16(10-14)25-19(27)13-30-12-18-8-3-9-29-18/h1-11H,12-13H2,(H,25,27)(H,26,28). The first-order valence-corrected chi connectivity index (χ1v) is 9.95. The van der Waals surface area contributed by atoms with Gasteiger partial charge in [-0.15, -0.1) is 11.8 Å². The number of hydrogen-bond donors (Lipinski definition) is 2. The van der Waals surface area contributed by atoms with Crippen molar-refractivity contribution < 1.29 is 27.2 Å². The van der Waals surface area contributed by atoms with Crippen LogP contribution in [0.2, 0.25) is 0 Å². The van der Waals surface area contributed by atoms with Crippen molar-refractivity contribution in [3.8, 4) is 0 Å². The van der Waals surface area contributed by atoms with Crippen LogP contribution in [0.5, 0.6) is 0 Å². The zero-order valence-electron chi connectivity index (χ0n) is 15.5. The minimum Gasteiger partial charge on any atom is -0.468 e. The predicted octanol–water partition coefficient (Wildman–Crippen LogP) is 5.42. The number of benzene rings is 2. The molecule has 0 saturated carbocycles. The number of amides is 2. The number of carbonyl (C=O) groups is 2. The molecule has 0 bridgehead atoms. The molecule has 2 amide bonds. The molecule has 2 aromatic carbocycles. The summed E-state index contributed by atoms with van der Waals surface area (Å²) in [7, 11) is 0. The second-order valence-corrected chi connectivity index (χ2v) is 7.22. The molecule has 0 atom stereocenters. The number of carbonyl (C=O) groups excluding carboxylic acids is 2. The molecule has 3 aromatic rings. The molecule has 0 saturated heterocycles. The van der Waals surface area contributed by atoms with Crippen LogP contribution in [0.25, 0.3) is 0 Å². The van der Waals surface area contributed by atoms with Gasteiger partial charge >= 0.3 is 6.18 Å². The number of anilines is 2. The summed E-state index contributed by atoms with van der Waals surface area (Å²) in [6.07, 6.45) is -2.94. The third kappa shape index (κ3) is 6.15. The van der Waals surface area contributed by atoms with Gasteiger partial charge in [0, 0.05) is 16.9 Å². The van der Waals surface area contributed by atoms with Gasteiger partial charge in [0.2, 0.25) is 5.91 Å². The molecule has 0 aliphatic rings. The van der Waals surface area contributed by atoms with Gasteiger partial charge in [0.25, 0.3) is 5.91 Å². The Labute approximate surface area is 174 Å². The lowest BCUT2D eigenvalue weighted by Gasteiger charge is -2.11. The van der Waals surface area contributed by atoms with E-state index in [1.54, 1.807) is 24.5 Å². The number of rotatable bonds is 7. The zero-order valence-corrected chi connectivity index (χ0v) is 16.3. The van der Waals surface area contributed by atoms with E-state index in [2.05, 4.69) is 10.6 Å². The summed E-state index contributed by atoms with van der Waals surface area (Å²) < 4.78 is 43.6. The van der Waals surface area contributed by atoms with Crippen LogP contribution < -0.4 is 10.6 Å². The lowest BCUT2D eigenvalue weighted by atomic mass is 10.1. The van der Waals surface area contributed by atoms with Gasteiger partial charge in [0.1, 0.15) is 5.76 Å². The maximum atomic E-state index is 12.8. The van der Waals surface area contributed by atoms with E-state index in [0.717, 1.165) is 17.9 Å². The van der Waals surface area contributed by atoms with Crippen LogP contribution in [-0.4, -0.2) is 17.6 Å². The second kappa shape index (κ2) is 9.53. The molecule has 0 radical (unpaired) electrons. The number of halogens is 3. The molecule has 1 heterocycles. The number of thioether (sulfide) groups is 1. The molecule has 0 aliphatic heterocycles. The number of alkyl halides is 3. The van der Waals surface area contributed by atoms with Gasteiger partial charge in [-0.3, -0.25) is 9.59 Å². The quantitative estimate of drug-likeness (QED) is 0.521. The topological polar surface area (TPSA) is 71.3 Å². The first-order chi connectivity index (χ1) is 14.3. The van der Waals surface area contributed by atoms with Crippen LogP contribution in [0.15, 0.2) is 71.3 Å². The van der Waals surface area contributed by atoms with Crippen molar-refractivity contribution in [1.29, 1.82) is 0 Å². The number of furan rings is 1. The molecule has 156 valence electrons. The van der Waals surface area contributed by atoms with Crippen molar-refractivity contribution in [3.05, 3.63) is 83.8 Å². The summed E-state index contributed by atoms with van der Waals surface area (Å²) in [6.45, 7) is 0. The first kappa shape index (κ1) is 21.5. The Bertz CT molecular complexity index is 1020. The summed E-state index contributed by atoms with van der Waals surface area (Å²) in [6, 6.07) is 14.1. The highest BCUT2D eigenvalue weighted by atomic mass is 32.2. The Morgan fingerprint density at radius 1 is 0.933 bits per heavy atom. The van der Waals surface area contributed by atoms with Crippen LogP contribution in [0.4, 0.5) is 24.5 Å². The maximum absolute atomic E-state index is 12.8. The Balaban J connectivity index is 1.57. The van der Waals surface area contributed by atoms with Crippen molar-refractivity contribution >= 4 is 35.0 Å². The first-order valence-electron chi connectivity index (χ1n) is 8.80. The van der Waals surface area contributed by atoms with E-state index in [9.17, 15) is 22.8 Å². The molecular weight excluding hydrogens is 417 g/mol. The van der Waals surface area contributed by atoms with Gasteiger partial charge in [0.05, 0.1) is 23.3 Å². The lowest BCUT2D eigenvalue weighted by molar-refractivity contribution is -0.137. The van der Waals surface area contributed by atoms with E-state index in [1.165, 1.54) is 36.0 Å². The summed E-state index contributed by atoms with van der Waals surface area (Å²) in [5.41, 5.74) is -0.212. The van der Waals surface area contributed by atoms with Crippen molar-refractivity contribution in [2.24, 2.45) is 0 Å². The third-order valence-electron chi connectivity index (χ3n) is 3.91. The minimum absolute atomic E-state index is 0.0265. The van der Waals surface area contributed by atoms with Crippen LogP contribution in [0.1, 0.15) is 21.7 Å². The number of hydrogen-bond acceptors (Lipinski definition) is 4. The second-order valence-electron chi connectivity index (χ2n) is 6.23. The van der Waals surface area contributed by atoms with E-state index >= 15 is 0 Å². The fourth-order valence-electron chi connectivity index (χ4n) is 2.55. The molecule has 5 nitrogen and oxygen atoms in total. The molecule has 0 unspecified atom stereocenters. The van der Waals surface area contributed by atoms with E-state index in [1.807, 2.05) is 6.07 Å². The van der Waals surface area contributed by atoms with Gasteiger partial charge in [-0.2, -0.15) is 13.2 Å². The van der Waals surface area contributed by atoms with Gasteiger partial charge in [-0.05, 0) is 48.5 Å². The van der Waals surface area contributed by atoms with Crippen molar-refractivity contribution in [2.45, 2.75) is 11.9 Å². The molecule has 3 rings (SSSR count). The molecule has 1 aromatic heterocycles. The summed E-state index contributed by atoms with van der Waals surface area (Å²) in [5.74, 6) is 0.682. The lowest BCUT2D eigenvalue weighted by Crippen LogP contribution is -2.16. The van der Waals surface area contributed by atoms with Crippen molar-refractivity contribution in [3.63, 3.8) is 0 Å². The van der Waals surface area contributed by atoms with Crippen LogP contribution in [-0.2, 0) is 16.7 Å². The predicted molar refractivity (Wildman–Crippen MR) is 109 cm³/mol.